The number of aliphatic hydroxyl groups excluding tert-OH is 1. The summed E-state index contributed by atoms with van der Waals surface area (Å²) in [6, 6.07) is 0.764. The van der Waals surface area contributed by atoms with Gasteiger partial charge in [-0.3, -0.25) is 4.99 Å². The van der Waals surface area contributed by atoms with Crippen LogP contribution in [0.2, 0.25) is 0 Å². The van der Waals surface area contributed by atoms with E-state index in [1.807, 2.05) is 7.05 Å². The molecule has 1 aliphatic carbocycles. The standard InChI is InChI=1S/C8H19N.C6H9NO.C4H8.C4H10.C3H9N/c1-5-7-8(3)9(4)6-2;1-6(8)4-3-5-7-2;1-4-2-3-4;2*1-3-4-2/h8H,5-7H2,1-4H3;3-5,8H,2H2,1H3;4H,2-3H2,1H3;3-4H2,1-2H3;4H,3H2,1-2H3/b;5-3-,6-4+;;;/t8-;;;;/m1..../s1. The van der Waals surface area contributed by atoms with Crippen molar-refractivity contribution in [2.75, 3.05) is 27.2 Å². The Balaban J connectivity index is -0.000000142. The predicted molar refractivity (Wildman–Crippen MR) is 136 cm³/mol. The molecule has 0 unspecified atom stereocenters. The van der Waals surface area contributed by atoms with E-state index in [0.717, 1.165) is 18.5 Å². The maximum atomic E-state index is 8.53. The minimum Gasteiger partial charge on any atom is -0.513 e. The summed E-state index contributed by atoms with van der Waals surface area (Å²) in [6.45, 7) is 22.5. The van der Waals surface area contributed by atoms with Gasteiger partial charge in [0.25, 0.3) is 0 Å². The Kier molecular flexibility index (Phi) is 38.4. The fourth-order valence-corrected chi connectivity index (χ4v) is 1.36. The average Bonchev–Trinajstić information content (AvgIpc) is 3.50. The molecule has 0 aromatic carbocycles. The first-order chi connectivity index (χ1) is 13.7. The summed E-state index contributed by atoms with van der Waals surface area (Å²) >= 11 is 0. The maximum absolute atomic E-state index is 8.53. The Hall–Kier alpha value is -1.13. The first-order valence-electron chi connectivity index (χ1n) is 11.5. The second kappa shape index (κ2) is 31.6. The van der Waals surface area contributed by atoms with Crippen LogP contribution in [0.15, 0.2) is 29.1 Å². The molecule has 1 atom stereocenters. The molecular formula is C25H55N3O. The molecule has 0 heterocycles. The molecule has 2 N–H and O–H groups in total. The Morgan fingerprint density at radius 1 is 1.17 bits per heavy atom. The van der Waals surface area contributed by atoms with Gasteiger partial charge in [-0.2, -0.15) is 0 Å². The zero-order valence-electron chi connectivity index (χ0n) is 21.6. The third-order valence-corrected chi connectivity index (χ3v) is 4.21. The van der Waals surface area contributed by atoms with Crippen LogP contribution < -0.4 is 5.32 Å². The summed E-state index contributed by atoms with van der Waals surface area (Å²) in [5, 5.41) is 11.5. The van der Waals surface area contributed by atoms with Gasteiger partial charge in [0.15, 0.2) is 0 Å². The number of allylic oxidation sites excluding steroid dienone is 3. The molecule has 1 rings (SSSR count). The molecule has 0 spiro atoms. The highest BCUT2D eigenvalue weighted by atomic mass is 16.3. The molecule has 0 radical (unpaired) electrons. The number of aliphatic imine (C=N–C) groups is 1. The molecule has 0 aromatic rings. The van der Waals surface area contributed by atoms with Gasteiger partial charge in [-0.1, -0.05) is 73.6 Å². The largest absolute Gasteiger partial charge is 0.513 e. The lowest BCUT2D eigenvalue weighted by Crippen LogP contribution is -2.28. The molecule has 0 saturated heterocycles. The van der Waals surface area contributed by atoms with Gasteiger partial charge in [-0.25, -0.2) is 0 Å². The molecular weight excluding hydrogens is 358 g/mol. The van der Waals surface area contributed by atoms with Crippen LogP contribution in [0.25, 0.3) is 0 Å². The number of hydrogen-bond donors (Lipinski definition) is 2. The van der Waals surface area contributed by atoms with Crippen molar-refractivity contribution in [1.29, 1.82) is 0 Å². The van der Waals surface area contributed by atoms with Gasteiger partial charge >= 0.3 is 0 Å². The second-order valence-corrected chi connectivity index (χ2v) is 7.43. The van der Waals surface area contributed by atoms with E-state index < -0.39 is 0 Å². The summed E-state index contributed by atoms with van der Waals surface area (Å²) < 4.78 is 0. The Morgan fingerprint density at radius 2 is 1.62 bits per heavy atom. The zero-order valence-corrected chi connectivity index (χ0v) is 21.6. The summed E-state index contributed by atoms with van der Waals surface area (Å²) in [4.78, 5) is 5.80. The minimum atomic E-state index is 0.268. The van der Waals surface area contributed by atoms with E-state index in [1.165, 1.54) is 57.3 Å². The van der Waals surface area contributed by atoms with E-state index in [-0.39, 0.29) is 5.76 Å². The van der Waals surface area contributed by atoms with Crippen LogP contribution in [-0.2, 0) is 0 Å². The first kappa shape index (κ1) is 35.3. The molecule has 0 bridgehead atoms. The topological polar surface area (TPSA) is 47.9 Å². The van der Waals surface area contributed by atoms with Gasteiger partial charge in [0.1, 0.15) is 0 Å². The van der Waals surface area contributed by atoms with Gasteiger partial charge in [0, 0.05) is 12.2 Å². The fourth-order valence-electron chi connectivity index (χ4n) is 1.36. The lowest BCUT2D eigenvalue weighted by atomic mass is 10.2. The van der Waals surface area contributed by atoms with Crippen LogP contribution in [0.3, 0.4) is 0 Å². The van der Waals surface area contributed by atoms with Gasteiger partial charge in [-0.05, 0) is 72.2 Å². The van der Waals surface area contributed by atoms with Crippen LogP contribution >= 0.6 is 0 Å². The highest BCUT2D eigenvalue weighted by Crippen LogP contribution is 2.26. The summed E-state index contributed by atoms with van der Waals surface area (Å²) in [5.74, 6) is 1.35. The number of nitrogens with zero attached hydrogens (tertiary/aromatic N) is 2. The third kappa shape index (κ3) is 52.0. The van der Waals surface area contributed by atoms with Crippen LogP contribution in [0.5, 0.6) is 0 Å². The Bertz CT molecular complexity index is 338. The average molecular weight is 414 g/mol. The zero-order chi connectivity index (χ0) is 23.5. The van der Waals surface area contributed by atoms with Gasteiger partial charge in [-0.15, -0.1) is 0 Å². The van der Waals surface area contributed by atoms with E-state index in [9.17, 15) is 0 Å². The Labute approximate surface area is 184 Å². The lowest BCUT2D eigenvalue weighted by Gasteiger charge is -2.21. The normalized spacial score (nSPS) is 13.6. The van der Waals surface area contributed by atoms with Crippen molar-refractivity contribution in [1.82, 2.24) is 10.2 Å². The molecule has 0 aliphatic heterocycles. The Morgan fingerprint density at radius 3 is 1.83 bits per heavy atom. The summed E-state index contributed by atoms with van der Waals surface area (Å²) in [7, 11) is 4.11. The monoisotopic (exact) mass is 413 g/mol. The third-order valence-electron chi connectivity index (χ3n) is 4.21. The van der Waals surface area contributed by atoms with Crippen molar-refractivity contribution >= 4 is 6.72 Å². The summed E-state index contributed by atoms with van der Waals surface area (Å²) in [5.41, 5.74) is 0. The van der Waals surface area contributed by atoms with Crippen LogP contribution in [0.4, 0.5) is 0 Å². The number of nitrogens with one attached hydrogen (secondary N) is 1. The molecule has 1 saturated carbocycles. The van der Waals surface area contributed by atoms with Crippen LogP contribution in [0.1, 0.15) is 93.9 Å². The van der Waals surface area contributed by atoms with Crippen molar-refractivity contribution in [2.24, 2.45) is 10.9 Å². The molecule has 1 aliphatic rings. The molecule has 0 aromatic heterocycles. The predicted octanol–water partition coefficient (Wildman–Crippen LogP) is 7.24. The van der Waals surface area contributed by atoms with Gasteiger partial charge in [0.2, 0.25) is 0 Å². The fraction of sp³-hybridized carbons (Fsp3) is 0.800. The molecule has 1 fully saturated rings. The van der Waals surface area contributed by atoms with Crippen molar-refractivity contribution in [3.63, 3.8) is 0 Å². The molecule has 29 heavy (non-hydrogen) atoms. The second-order valence-electron chi connectivity index (χ2n) is 7.43. The van der Waals surface area contributed by atoms with Crippen molar-refractivity contribution in [2.45, 2.75) is 100.0 Å². The van der Waals surface area contributed by atoms with Crippen LogP contribution in [-0.4, -0.2) is 50.0 Å². The van der Waals surface area contributed by atoms with Crippen molar-refractivity contribution in [3.8, 4) is 0 Å². The molecule has 4 nitrogen and oxygen atoms in total. The maximum Gasteiger partial charge on any atom is 0.0892 e. The van der Waals surface area contributed by atoms with Crippen molar-refractivity contribution < 1.29 is 5.11 Å². The van der Waals surface area contributed by atoms with Crippen molar-refractivity contribution in [3.05, 3.63) is 24.1 Å². The molecule has 176 valence electrons. The highest BCUT2D eigenvalue weighted by Gasteiger charge is 2.12. The number of unbranched alkanes of at least 4 members (excludes halogenated alkanes) is 1. The van der Waals surface area contributed by atoms with E-state index in [2.05, 4.69) is 77.4 Å². The van der Waals surface area contributed by atoms with Gasteiger partial charge in [0.05, 0.1) is 5.76 Å². The van der Waals surface area contributed by atoms with E-state index in [4.69, 9.17) is 5.11 Å². The lowest BCUT2D eigenvalue weighted by molar-refractivity contribution is 0.257. The van der Waals surface area contributed by atoms with E-state index >= 15 is 0 Å². The van der Waals surface area contributed by atoms with E-state index in [1.54, 1.807) is 13.0 Å². The number of hydrogen-bond acceptors (Lipinski definition) is 4. The number of aliphatic hydroxyl groups is 1. The molecule has 4 heteroatoms. The van der Waals surface area contributed by atoms with Crippen LogP contribution in [0, 0.1) is 5.92 Å². The smallest absolute Gasteiger partial charge is 0.0892 e. The summed E-state index contributed by atoms with van der Waals surface area (Å²) in [6.07, 6.45) is 12.9. The highest BCUT2D eigenvalue weighted by molar-refractivity contribution is 5.26. The number of rotatable bonds is 8. The quantitative estimate of drug-likeness (QED) is 0.250. The van der Waals surface area contributed by atoms with Gasteiger partial charge < -0.3 is 15.3 Å². The molecule has 0 amide bonds. The SMILES string of the molecule is C=N/C=C\C=C(/C)O.CC1CC1.CCCC.CCC[C@@H](C)N(C)CC.CCNC. The van der Waals surface area contributed by atoms with E-state index in [0.29, 0.717) is 0 Å². The minimum absolute atomic E-state index is 0.268. The first-order valence-corrected chi connectivity index (χ1v) is 11.5.